The fourth-order valence-corrected chi connectivity index (χ4v) is 5.95. The van der Waals surface area contributed by atoms with Gasteiger partial charge < -0.3 is 4.90 Å². The lowest BCUT2D eigenvalue weighted by atomic mass is 10.1. The number of sulfonamides is 1. The van der Waals surface area contributed by atoms with Gasteiger partial charge in [0.2, 0.25) is 10.0 Å². The van der Waals surface area contributed by atoms with Crippen LogP contribution in [0.4, 0.5) is 5.69 Å². The summed E-state index contributed by atoms with van der Waals surface area (Å²) in [7, 11) is -3.63. The van der Waals surface area contributed by atoms with E-state index in [1.54, 1.807) is 24.3 Å². The molecule has 0 N–H and O–H groups in total. The second kappa shape index (κ2) is 9.74. The smallest absolute Gasteiger partial charge is 0.243 e. The third-order valence-electron chi connectivity index (χ3n) is 6.03. The molecule has 8 heteroatoms. The first-order chi connectivity index (χ1) is 15.8. The second-order valence-corrected chi connectivity index (χ2v) is 10.9. The molecule has 1 fully saturated rings. The number of aryl methyl sites for hydroxylation is 1. The molecule has 0 spiro atoms. The molecular weight excluding hydrogens is 477 g/mol. The van der Waals surface area contributed by atoms with Gasteiger partial charge in [-0.15, -0.1) is 0 Å². The maximum absolute atomic E-state index is 13.2. The van der Waals surface area contributed by atoms with Crippen LogP contribution in [0.1, 0.15) is 23.1 Å². The van der Waals surface area contributed by atoms with Crippen LogP contribution in [-0.2, 0) is 16.6 Å². The third-order valence-corrected chi connectivity index (χ3v) is 8.47. The highest BCUT2D eigenvalue weighted by molar-refractivity contribution is 7.89. The molecule has 1 saturated heterocycles. The van der Waals surface area contributed by atoms with E-state index in [-0.39, 0.29) is 10.9 Å². The van der Waals surface area contributed by atoms with Crippen LogP contribution in [-0.4, -0.2) is 31.9 Å². The van der Waals surface area contributed by atoms with Gasteiger partial charge in [-0.2, -0.15) is 9.57 Å². The molecule has 33 heavy (non-hydrogen) atoms. The van der Waals surface area contributed by atoms with Crippen LogP contribution in [0, 0.1) is 18.3 Å². The standard InChI is InChI=1S/C25H23Cl2N3O2S/c1-18-4-2-3-5-20(18)16-30(22-9-6-19(15-28)25(27)14-22)23-12-13-29(17-23)33(31,32)24-10-7-21(26)8-11-24/h2-11,14,23H,12-13,16-17H2,1H3/t23-/m0/s1. The summed E-state index contributed by atoms with van der Waals surface area (Å²) in [6, 6.07) is 21.8. The Labute approximate surface area is 204 Å². The summed E-state index contributed by atoms with van der Waals surface area (Å²) in [5.41, 5.74) is 3.58. The zero-order chi connectivity index (χ0) is 23.6. The van der Waals surface area contributed by atoms with Gasteiger partial charge in [-0.1, -0.05) is 47.5 Å². The van der Waals surface area contributed by atoms with E-state index in [1.807, 2.05) is 18.2 Å². The molecule has 0 saturated carbocycles. The molecule has 1 aliphatic heterocycles. The number of benzene rings is 3. The van der Waals surface area contributed by atoms with Crippen molar-refractivity contribution < 1.29 is 8.42 Å². The van der Waals surface area contributed by atoms with Crippen LogP contribution in [0.2, 0.25) is 10.0 Å². The van der Waals surface area contributed by atoms with Crippen LogP contribution in [0.15, 0.2) is 71.6 Å². The van der Waals surface area contributed by atoms with E-state index >= 15 is 0 Å². The van der Waals surface area contributed by atoms with E-state index < -0.39 is 10.0 Å². The lowest BCUT2D eigenvalue weighted by Crippen LogP contribution is -2.38. The molecule has 3 aromatic rings. The van der Waals surface area contributed by atoms with Gasteiger partial charge in [0, 0.05) is 36.4 Å². The lowest BCUT2D eigenvalue weighted by molar-refractivity contribution is 0.468. The fourth-order valence-electron chi connectivity index (χ4n) is 4.11. The molecule has 0 unspecified atom stereocenters. The average molecular weight is 500 g/mol. The summed E-state index contributed by atoms with van der Waals surface area (Å²) in [6.07, 6.45) is 0.677. The summed E-state index contributed by atoms with van der Waals surface area (Å²) < 4.78 is 27.9. The quantitative estimate of drug-likeness (QED) is 0.439. The van der Waals surface area contributed by atoms with Crippen molar-refractivity contribution in [3.63, 3.8) is 0 Å². The molecule has 1 atom stereocenters. The van der Waals surface area contributed by atoms with Crippen molar-refractivity contribution >= 4 is 38.9 Å². The fraction of sp³-hybridized carbons (Fsp3) is 0.240. The average Bonchev–Trinajstić information content (AvgIpc) is 3.30. The van der Waals surface area contributed by atoms with Crippen molar-refractivity contribution in [3.8, 4) is 6.07 Å². The molecule has 0 amide bonds. The highest BCUT2D eigenvalue weighted by Gasteiger charge is 2.35. The SMILES string of the molecule is Cc1ccccc1CN(c1ccc(C#N)c(Cl)c1)[C@H]1CCN(S(=O)(=O)c2ccc(Cl)cc2)C1. The predicted octanol–water partition coefficient (Wildman–Crippen LogP) is 5.64. The van der Waals surface area contributed by atoms with Crippen LogP contribution in [0.3, 0.4) is 0 Å². The number of nitriles is 1. The van der Waals surface area contributed by atoms with E-state index in [4.69, 9.17) is 23.2 Å². The number of hydrogen-bond donors (Lipinski definition) is 0. The van der Waals surface area contributed by atoms with Gasteiger partial charge >= 0.3 is 0 Å². The number of anilines is 1. The second-order valence-electron chi connectivity index (χ2n) is 8.09. The van der Waals surface area contributed by atoms with Gasteiger partial charge in [-0.05, 0) is 66.9 Å². The van der Waals surface area contributed by atoms with Crippen molar-refractivity contribution in [2.45, 2.75) is 30.8 Å². The Bertz CT molecular complexity index is 1300. The first-order valence-corrected chi connectivity index (χ1v) is 12.8. The first kappa shape index (κ1) is 23.6. The highest BCUT2D eigenvalue weighted by Crippen LogP contribution is 2.31. The van der Waals surface area contributed by atoms with Gasteiger partial charge in [-0.25, -0.2) is 8.42 Å². The maximum Gasteiger partial charge on any atom is 0.243 e. The summed E-state index contributed by atoms with van der Waals surface area (Å²) in [4.78, 5) is 2.42. The Kier molecular flexibility index (Phi) is 6.96. The Balaban J connectivity index is 1.65. The summed E-state index contributed by atoms with van der Waals surface area (Å²) >= 11 is 12.3. The van der Waals surface area contributed by atoms with Crippen LogP contribution in [0.5, 0.6) is 0 Å². The maximum atomic E-state index is 13.2. The van der Waals surface area contributed by atoms with Crippen molar-refractivity contribution in [3.05, 3.63) is 93.5 Å². The van der Waals surface area contributed by atoms with Gasteiger partial charge in [0.25, 0.3) is 0 Å². The number of hydrogen-bond acceptors (Lipinski definition) is 4. The number of rotatable bonds is 6. The molecule has 0 radical (unpaired) electrons. The molecule has 1 aliphatic rings. The van der Waals surface area contributed by atoms with E-state index in [1.165, 1.54) is 16.4 Å². The largest absolute Gasteiger partial charge is 0.363 e. The normalized spacial score (nSPS) is 16.5. The van der Waals surface area contributed by atoms with Crippen molar-refractivity contribution in [1.29, 1.82) is 5.26 Å². The highest BCUT2D eigenvalue weighted by atomic mass is 35.5. The van der Waals surface area contributed by atoms with Gasteiger partial charge in [0.05, 0.1) is 15.5 Å². The van der Waals surface area contributed by atoms with Crippen molar-refractivity contribution in [2.24, 2.45) is 0 Å². The van der Waals surface area contributed by atoms with Crippen molar-refractivity contribution in [2.75, 3.05) is 18.0 Å². The molecule has 0 aliphatic carbocycles. The Morgan fingerprint density at radius 3 is 2.48 bits per heavy atom. The van der Waals surface area contributed by atoms with Gasteiger partial charge in [-0.3, -0.25) is 0 Å². The van der Waals surface area contributed by atoms with Gasteiger partial charge in [0.15, 0.2) is 0 Å². The minimum absolute atomic E-state index is 0.0457. The van der Waals surface area contributed by atoms with Crippen LogP contribution >= 0.6 is 23.2 Å². The number of nitrogens with zero attached hydrogens (tertiary/aromatic N) is 3. The molecule has 5 nitrogen and oxygen atoms in total. The predicted molar refractivity (Wildman–Crippen MR) is 132 cm³/mol. The molecule has 0 aromatic heterocycles. The lowest BCUT2D eigenvalue weighted by Gasteiger charge is -2.32. The van der Waals surface area contributed by atoms with E-state index in [2.05, 4.69) is 30.0 Å². The minimum atomic E-state index is -3.63. The molecular formula is C25H23Cl2N3O2S. The summed E-state index contributed by atoms with van der Waals surface area (Å²) in [6.45, 7) is 3.44. The molecule has 4 rings (SSSR count). The topological polar surface area (TPSA) is 64.4 Å². The zero-order valence-corrected chi connectivity index (χ0v) is 20.4. The Morgan fingerprint density at radius 2 is 1.82 bits per heavy atom. The first-order valence-electron chi connectivity index (χ1n) is 10.6. The van der Waals surface area contributed by atoms with E-state index in [0.717, 1.165) is 16.8 Å². The molecule has 1 heterocycles. The van der Waals surface area contributed by atoms with E-state index in [0.29, 0.717) is 41.7 Å². The molecule has 3 aromatic carbocycles. The number of halogens is 2. The van der Waals surface area contributed by atoms with E-state index in [9.17, 15) is 13.7 Å². The summed E-state index contributed by atoms with van der Waals surface area (Å²) in [5.74, 6) is 0. The Morgan fingerprint density at radius 1 is 1.09 bits per heavy atom. The summed E-state index contributed by atoms with van der Waals surface area (Å²) in [5, 5.41) is 10.1. The third kappa shape index (κ3) is 5.02. The zero-order valence-electron chi connectivity index (χ0n) is 18.1. The Hall–Kier alpha value is -2.56. The van der Waals surface area contributed by atoms with Crippen molar-refractivity contribution in [1.82, 2.24) is 4.31 Å². The van der Waals surface area contributed by atoms with Crippen LogP contribution in [0.25, 0.3) is 0 Å². The molecule has 170 valence electrons. The molecule has 0 bridgehead atoms. The minimum Gasteiger partial charge on any atom is -0.363 e. The van der Waals surface area contributed by atoms with Gasteiger partial charge in [0.1, 0.15) is 6.07 Å². The monoisotopic (exact) mass is 499 g/mol. The van der Waals surface area contributed by atoms with Crippen LogP contribution < -0.4 is 4.90 Å².